The van der Waals surface area contributed by atoms with Gasteiger partial charge in [-0.3, -0.25) is 24.2 Å². The summed E-state index contributed by atoms with van der Waals surface area (Å²) in [7, 11) is 4.71. The van der Waals surface area contributed by atoms with Crippen molar-refractivity contribution < 1.29 is 38.6 Å². The van der Waals surface area contributed by atoms with E-state index in [0.29, 0.717) is 25.8 Å². The summed E-state index contributed by atoms with van der Waals surface area (Å²) in [4.78, 5) is 74.4. The Morgan fingerprint density at radius 1 is 1.00 bits per heavy atom. The van der Waals surface area contributed by atoms with Crippen molar-refractivity contribution in [2.75, 3.05) is 27.8 Å². The van der Waals surface area contributed by atoms with Crippen LogP contribution in [0.5, 0.6) is 0 Å². The van der Waals surface area contributed by atoms with Crippen LogP contribution in [-0.2, 0) is 39.9 Å². The molecule has 2 rings (SSSR count). The number of benzene rings is 1. The standard InChI is InChI=1S/C40H65N5O8/c1-13-25(6)35(44(10)39(49)34(24(4)5)43-38(48)33(41-9)23(2)3)31(52-11)22-32(46)45-20-16-19-30(45)36(53-12)27(8)37(47)42-29(40(50)51)21-28-18-15-14-17-26(28)7/h14-15,17-18,23-25,27,29-31,33-36H,9,13,16,19-22H2,1-8,10-12H3,(H,42,47)(H,43,48)(H,50,51)/t25-,27+,29-,30-,31+,33-,34-,35-,36+/m0/s1. The van der Waals surface area contributed by atoms with E-state index in [4.69, 9.17) is 9.47 Å². The fraction of sp³-hybridized carbons (Fsp3) is 0.700. The van der Waals surface area contributed by atoms with Gasteiger partial charge >= 0.3 is 5.97 Å². The molecular weight excluding hydrogens is 678 g/mol. The van der Waals surface area contributed by atoms with Crippen molar-refractivity contribution in [3.63, 3.8) is 0 Å². The highest BCUT2D eigenvalue weighted by Gasteiger charge is 2.43. The van der Waals surface area contributed by atoms with Gasteiger partial charge in [-0.2, -0.15) is 0 Å². The molecule has 1 heterocycles. The van der Waals surface area contributed by atoms with Gasteiger partial charge in [-0.05, 0) is 55.4 Å². The fourth-order valence-electron chi connectivity index (χ4n) is 7.44. The highest BCUT2D eigenvalue weighted by molar-refractivity contribution is 5.90. The van der Waals surface area contributed by atoms with E-state index >= 15 is 0 Å². The number of carboxylic acid groups (broad SMARTS) is 1. The lowest BCUT2D eigenvalue weighted by Gasteiger charge is -2.41. The molecule has 1 aromatic rings. The number of nitrogens with zero attached hydrogens (tertiary/aromatic N) is 3. The number of likely N-dealkylation sites (N-methyl/N-ethyl adjacent to an activating group) is 1. The molecule has 1 aliphatic heterocycles. The molecule has 0 bridgehead atoms. The molecule has 13 heteroatoms. The Labute approximate surface area is 316 Å². The van der Waals surface area contributed by atoms with Crippen molar-refractivity contribution in [2.45, 2.75) is 130 Å². The average Bonchev–Trinajstić information content (AvgIpc) is 3.60. The first-order valence-corrected chi connectivity index (χ1v) is 18.9. The van der Waals surface area contributed by atoms with Crippen LogP contribution < -0.4 is 10.6 Å². The van der Waals surface area contributed by atoms with Crippen LogP contribution in [0.4, 0.5) is 0 Å². The number of nitrogens with one attached hydrogen (secondary N) is 2. The number of carboxylic acids is 1. The Bertz CT molecular complexity index is 1400. The topological polar surface area (TPSA) is 167 Å². The largest absolute Gasteiger partial charge is 0.480 e. The molecule has 9 atom stereocenters. The van der Waals surface area contributed by atoms with Gasteiger partial charge in [-0.15, -0.1) is 0 Å². The van der Waals surface area contributed by atoms with Crippen LogP contribution in [-0.4, -0.2) is 121 Å². The number of ether oxygens (including phenoxy) is 2. The first-order chi connectivity index (χ1) is 24.9. The van der Waals surface area contributed by atoms with Gasteiger partial charge in [0.2, 0.25) is 23.6 Å². The number of carbonyl (C=O) groups excluding carboxylic acids is 4. The lowest BCUT2D eigenvalue weighted by molar-refractivity contribution is -0.148. The van der Waals surface area contributed by atoms with Crippen molar-refractivity contribution in [2.24, 2.45) is 28.7 Å². The lowest BCUT2D eigenvalue weighted by Crippen LogP contribution is -2.58. The van der Waals surface area contributed by atoms with Gasteiger partial charge in [0.1, 0.15) is 18.1 Å². The van der Waals surface area contributed by atoms with Crippen LogP contribution in [0.25, 0.3) is 0 Å². The highest BCUT2D eigenvalue weighted by atomic mass is 16.5. The van der Waals surface area contributed by atoms with E-state index in [0.717, 1.165) is 11.1 Å². The third-order valence-corrected chi connectivity index (χ3v) is 10.9. The van der Waals surface area contributed by atoms with E-state index in [1.807, 2.05) is 72.7 Å². The zero-order chi connectivity index (χ0) is 40.2. The van der Waals surface area contributed by atoms with Crippen LogP contribution in [0.1, 0.15) is 85.3 Å². The number of carbonyl (C=O) groups is 5. The smallest absolute Gasteiger partial charge is 0.326 e. The summed E-state index contributed by atoms with van der Waals surface area (Å²) in [6, 6.07) is 3.86. The van der Waals surface area contributed by atoms with Crippen LogP contribution >= 0.6 is 0 Å². The molecule has 1 aliphatic rings. The molecule has 0 radical (unpaired) electrons. The number of hydrogen-bond acceptors (Lipinski definition) is 8. The summed E-state index contributed by atoms with van der Waals surface area (Å²) in [6.45, 7) is 19.1. The number of amides is 4. The molecule has 0 saturated carbocycles. The molecule has 0 aliphatic carbocycles. The SMILES string of the molecule is C=N[C@H](C(=O)N[C@H](C(=O)N(C)[C@@H]([C@@H](C)CC)[C@@H](CC(=O)N1CCC[C@H]1[C@H](OC)[C@@H](C)C(=O)N[C@@H](Cc1ccccc1C)C(=O)O)OC)C(C)C)C(C)C. The van der Waals surface area contributed by atoms with Gasteiger partial charge < -0.3 is 35.0 Å². The Morgan fingerprint density at radius 2 is 1.64 bits per heavy atom. The number of aliphatic carboxylic acids is 1. The van der Waals surface area contributed by atoms with Gasteiger partial charge in [0.15, 0.2) is 0 Å². The van der Waals surface area contributed by atoms with Crippen molar-refractivity contribution in [3.05, 3.63) is 35.4 Å². The van der Waals surface area contributed by atoms with Gasteiger partial charge in [0.25, 0.3) is 0 Å². The van der Waals surface area contributed by atoms with E-state index in [1.54, 1.807) is 23.8 Å². The summed E-state index contributed by atoms with van der Waals surface area (Å²) in [5.74, 6) is -3.61. The molecule has 13 nitrogen and oxygen atoms in total. The zero-order valence-corrected chi connectivity index (χ0v) is 33.8. The third kappa shape index (κ3) is 11.8. The Morgan fingerprint density at radius 3 is 2.15 bits per heavy atom. The molecule has 0 unspecified atom stereocenters. The first kappa shape index (κ1) is 45.3. The van der Waals surface area contributed by atoms with Crippen LogP contribution in [0, 0.1) is 30.6 Å². The van der Waals surface area contributed by atoms with Crippen LogP contribution in [0.15, 0.2) is 29.3 Å². The summed E-state index contributed by atoms with van der Waals surface area (Å²) < 4.78 is 11.8. The Hall–Kier alpha value is -3.84. The monoisotopic (exact) mass is 743 g/mol. The molecule has 0 aromatic heterocycles. The maximum absolute atomic E-state index is 14.1. The third-order valence-electron chi connectivity index (χ3n) is 10.9. The number of hydrogen-bond donors (Lipinski definition) is 3. The van der Waals surface area contributed by atoms with E-state index in [-0.39, 0.29) is 48.3 Å². The molecule has 0 spiro atoms. The van der Waals surface area contributed by atoms with Crippen molar-refractivity contribution in [1.29, 1.82) is 0 Å². The molecule has 53 heavy (non-hydrogen) atoms. The number of aryl methyl sites for hydroxylation is 1. The molecule has 1 fully saturated rings. The maximum Gasteiger partial charge on any atom is 0.326 e. The fourth-order valence-corrected chi connectivity index (χ4v) is 7.44. The molecule has 3 N–H and O–H groups in total. The van der Waals surface area contributed by atoms with E-state index in [1.165, 1.54) is 14.2 Å². The number of likely N-dealkylation sites (tertiary alicyclic amines) is 1. The highest BCUT2D eigenvalue weighted by Crippen LogP contribution is 2.30. The molecular formula is C40H65N5O8. The summed E-state index contributed by atoms with van der Waals surface area (Å²) in [6.07, 6.45) is 0.750. The summed E-state index contributed by atoms with van der Waals surface area (Å²) >= 11 is 0. The minimum Gasteiger partial charge on any atom is -0.480 e. The van der Waals surface area contributed by atoms with Crippen molar-refractivity contribution in [1.82, 2.24) is 20.4 Å². The second-order valence-corrected chi connectivity index (χ2v) is 15.2. The molecule has 1 aromatic carbocycles. The molecule has 4 amide bonds. The van der Waals surface area contributed by atoms with Crippen LogP contribution in [0.3, 0.4) is 0 Å². The Balaban J connectivity index is 2.28. The van der Waals surface area contributed by atoms with Gasteiger partial charge in [0.05, 0.1) is 36.6 Å². The molecule has 298 valence electrons. The van der Waals surface area contributed by atoms with Gasteiger partial charge in [-0.1, -0.05) is 79.2 Å². The van der Waals surface area contributed by atoms with Gasteiger partial charge in [0, 0.05) is 34.2 Å². The van der Waals surface area contributed by atoms with Crippen molar-refractivity contribution in [3.8, 4) is 0 Å². The quantitative estimate of drug-likeness (QED) is 0.160. The minimum absolute atomic E-state index is 0.0251. The zero-order valence-electron chi connectivity index (χ0n) is 33.8. The van der Waals surface area contributed by atoms with Gasteiger partial charge in [-0.25, -0.2) is 4.79 Å². The predicted molar refractivity (Wildman–Crippen MR) is 206 cm³/mol. The predicted octanol–water partition coefficient (Wildman–Crippen LogP) is 3.89. The minimum atomic E-state index is -1.14. The van der Waals surface area contributed by atoms with E-state index in [9.17, 15) is 29.1 Å². The number of aliphatic imine (C=N–C) groups is 1. The summed E-state index contributed by atoms with van der Waals surface area (Å²) in [5, 5.41) is 15.6. The second-order valence-electron chi connectivity index (χ2n) is 15.2. The summed E-state index contributed by atoms with van der Waals surface area (Å²) in [5.41, 5.74) is 1.76. The normalized spacial score (nSPS) is 19.0. The molecule has 1 saturated heterocycles. The van der Waals surface area contributed by atoms with Crippen molar-refractivity contribution >= 4 is 36.3 Å². The van der Waals surface area contributed by atoms with Crippen LogP contribution in [0.2, 0.25) is 0 Å². The number of rotatable bonds is 21. The number of methoxy groups -OCH3 is 2. The first-order valence-electron chi connectivity index (χ1n) is 18.9. The second kappa shape index (κ2) is 21.2. The lowest BCUT2D eigenvalue weighted by atomic mass is 9.89. The Kier molecular flexibility index (Phi) is 18.1. The van der Waals surface area contributed by atoms with E-state index < -0.39 is 60.2 Å². The van der Waals surface area contributed by atoms with E-state index in [2.05, 4.69) is 22.3 Å². The average molecular weight is 744 g/mol. The maximum atomic E-state index is 14.1.